The number of piperidine rings is 1. The lowest BCUT2D eigenvalue weighted by Crippen LogP contribution is -2.21. The number of hydrogen-bond donors (Lipinski definition) is 1. The van der Waals surface area contributed by atoms with Crippen LogP contribution in [0, 0.1) is 0 Å². The minimum atomic E-state index is 0. The summed E-state index contributed by atoms with van der Waals surface area (Å²) in [5.41, 5.74) is 0. The van der Waals surface area contributed by atoms with Gasteiger partial charge in [-0.2, -0.15) is 11.8 Å². The molecule has 2 heteroatoms. The molecular weight excluding hydrogens is 214 g/mol. The van der Waals surface area contributed by atoms with Gasteiger partial charge >= 0.3 is 0 Å². The van der Waals surface area contributed by atoms with Gasteiger partial charge in [0.15, 0.2) is 0 Å². The molecule has 0 aromatic carbocycles. The quantitative estimate of drug-likeness (QED) is 0.634. The summed E-state index contributed by atoms with van der Waals surface area (Å²) in [6.07, 6.45) is 8.62. The lowest BCUT2D eigenvalue weighted by molar-refractivity contribution is 0.520. The number of rotatable bonds is 0. The molecule has 2 rings (SSSR count). The van der Waals surface area contributed by atoms with Gasteiger partial charge in [-0.3, -0.25) is 0 Å². The van der Waals surface area contributed by atoms with Crippen LogP contribution in [0.1, 0.15) is 68.2 Å². The molecular formula is C14H37NS. The van der Waals surface area contributed by atoms with Gasteiger partial charge in [0, 0.05) is 0 Å². The summed E-state index contributed by atoms with van der Waals surface area (Å²) >= 11 is 2.09. The van der Waals surface area contributed by atoms with Crippen molar-refractivity contribution >= 4 is 11.8 Å². The van der Waals surface area contributed by atoms with Gasteiger partial charge in [0.25, 0.3) is 0 Å². The van der Waals surface area contributed by atoms with Gasteiger partial charge in [-0.25, -0.2) is 0 Å². The number of hydrogen-bond acceptors (Lipinski definition) is 2. The minimum absolute atomic E-state index is 0. The highest BCUT2D eigenvalue weighted by atomic mass is 32.2. The summed E-state index contributed by atoms with van der Waals surface area (Å²) in [4.78, 5) is 0. The molecule has 2 aliphatic heterocycles. The highest BCUT2D eigenvalue weighted by Gasteiger charge is 1.95. The van der Waals surface area contributed by atoms with Crippen molar-refractivity contribution < 1.29 is 0 Å². The largest absolute Gasteiger partial charge is 0.317 e. The smallest absolute Gasteiger partial charge is 0.00489 e. The van der Waals surface area contributed by atoms with Crippen LogP contribution in [0.5, 0.6) is 0 Å². The molecule has 16 heavy (non-hydrogen) atoms. The van der Waals surface area contributed by atoms with Crippen LogP contribution in [0.2, 0.25) is 0 Å². The first-order valence-electron chi connectivity index (χ1n) is 5.28. The SMILES string of the molecule is C.C.C.C.C1CCNCC1.C1CCSCC1. The lowest BCUT2D eigenvalue weighted by atomic mass is 10.2. The second-order valence-corrected chi connectivity index (χ2v) is 4.71. The molecule has 2 heterocycles. The van der Waals surface area contributed by atoms with Crippen molar-refractivity contribution in [1.29, 1.82) is 0 Å². The first-order valence-corrected chi connectivity index (χ1v) is 6.44. The maximum atomic E-state index is 3.28. The van der Waals surface area contributed by atoms with E-state index in [0.717, 1.165) is 0 Å². The molecule has 0 unspecified atom stereocenters. The fourth-order valence-corrected chi connectivity index (χ4v) is 2.51. The van der Waals surface area contributed by atoms with Gasteiger partial charge in [0.1, 0.15) is 0 Å². The zero-order valence-corrected chi connectivity index (χ0v) is 8.80. The van der Waals surface area contributed by atoms with Gasteiger partial charge in [0.2, 0.25) is 0 Å². The van der Waals surface area contributed by atoms with Gasteiger partial charge in [-0.05, 0) is 50.3 Å². The van der Waals surface area contributed by atoms with Crippen molar-refractivity contribution in [2.75, 3.05) is 24.6 Å². The van der Waals surface area contributed by atoms with Gasteiger partial charge in [-0.15, -0.1) is 0 Å². The molecule has 104 valence electrons. The monoisotopic (exact) mass is 251 g/mol. The number of nitrogens with one attached hydrogen (secondary N) is 1. The van der Waals surface area contributed by atoms with Crippen LogP contribution < -0.4 is 5.32 Å². The Hall–Kier alpha value is 0.310. The summed E-state index contributed by atoms with van der Waals surface area (Å²) in [5.74, 6) is 2.83. The van der Waals surface area contributed by atoms with Crippen LogP contribution in [0.3, 0.4) is 0 Å². The van der Waals surface area contributed by atoms with Crippen molar-refractivity contribution in [2.24, 2.45) is 0 Å². The van der Waals surface area contributed by atoms with Crippen molar-refractivity contribution in [2.45, 2.75) is 68.2 Å². The van der Waals surface area contributed by atoms with Crippen LogP contribution in [0.4, 0.5) is 0 Å². The zero-order chi connectivity index (χ0) is 8.49. The third-order valence-corrected chi connectivity index (χ3v) is 3.44. The van der Waals surface area contributed by atoms with Gasteiger partial charge in [0.05, 0.1) is 0 Å². The second-order valence-electron chi connectivity index (χ2n) is 3.48. The van der Waals surface area contributed by atoms with Crippen molar-refractivity contribution in [3.8, 4) is 0 Å². The Morgan fingerprint density at radius 3 is 1.12 bits per heavy atom. The summed E-state index contributed by atoms with van der Waals surface area (Å²) in [6.45, 7) is 2.50. The van der Waals surface area contributed by atoms with Gasteiger partial charge < -0.3 is 5.32 Å². The Bertz CT molecular complexity index is 53.7. The Morgan fingerprint density at radius 1 is 0.562 bits per heavy atom. The maximum absolute atomic E-state index is 3.28. The van der Waals surface area contributed by atoms with Crippen LogP contribution >= 0.6 is 11.8 Å². The molecule has 2 saturated heterocycles. The van der Waals surface area contributed by atoms with E-state index in [9.17, 15) is 0 Å². The average Bonchev–Trinajstić information content (AvgIpc) is 2.24. The molecule has 0 aromatic heterocycles. The van der Waals surface area contributed by atoms with Crippen LogP contribution in [-0.2, 0) is 0 Å². The fraction of sp³-hybridized carbons (Fsp3) is 1.00. The third kappa shape index (κ3) is 16.7. The molecule has 0 spiro atoms. The molecule has 2 aliphatic rings. The molecule has 0 bridgehead atoms. The maximum Gasteiger partial charge on any atom is -0.00489 e. The Labute approximate surface area is 110 Å². The highest BCUT2D eigenvalue weighted by molar-refractivity contribution is 7.99. The van der Waals surface area contributed by atoms with E-state index in [1.54, 1.807) is 0 Å². The van der Waals surface area contributed by atoms with Gasteiger partial charge in [-0.1, -0.05) is 42.5 Å². The molecule has 0 saturated carbocycles. The molecule has 1 N–H and O–H groups in total. The molecule has 0 atom stereocenters. The summed E-state index contributed by atoms with van der Waals surface area (Å²) in [5, 5.41) is 3.28. The van der Waals surface area contributed by atoms with E-state index in [4.69, 9.17) is 0 Å². The molecule has 0 aromatic rings. The molecule has 0 aliphatic carbocycles. The Kier molecular flexibility index (Phi) is 32.6. The predicted octanol–water partition coefficient (Wildman–Crippen LogP) is 5.21. The van der Waals surface area contributed by atoms with Crippen LogP contribution in [-0.4, -0.2) is 24.6 Å². The molecule has 0 radical (unpaired) electrons. The summed E-state index contributed by atoms with van der Waals surface area (Å²) in [7, 11) is 0. The van der Waals surface area contributed by atoms with E-state index >= 15 is 0 Å². The van der Waals surface area contributed by atoms with E-state index in [1.165, 1.54) is 63.1 Å². The van der Waals surface area contributed by atoms with E-state index in [1.807, 2.05) is 0 Å². The van der Waals surface area contributed by atoms with Crippen molar-refractivity contribution in [3.63, 3.8) is 0 Å². The topological polar surface area (TPSA) is 12.0 Å². The summed E-state index contributed by atoms with van der Waals surface area (Å²) < 4.78 is 0. The Balaban J connectivity index is -0.0000000720. The molecule has 2 fully saturated rings. The highest BCUT2D eigenvalue weighted by Crippen LogP contribution is 2.14. The van der Waals surface area contributed by atoms with Crippen molar-refractivity contribution in [1.82, 2.24) is 5.32 Å². The molecule has 1 nitrogen and oxygen atoms in total. The first-order chi connectivity index (χ1) is 6.00. The van der Waals surface area contributed by atoms with E-state index in [2.05, 4.69) is 17.1 Å². The fourth-order valence-electron chi connectivity index (χ4n) is 1.49. The predicted molar refractivity (Wildman–Crippen MR) is 84.8 cm³/mol. The third-order valence-electron chi connectivity index (χ3n) is 2.28. The zero-order valence-electron chi connectivity index (χ0n) is 7.98. The average molecular weight is 252 g/mol. The second kappa shape index (κ2) is 20.7. The van der Waals surface area contributed by atoms with Crippen LogP contribution in [0.25, 0.3) is 0 Å². The summed E-state index contributed by atoms with van der Waals surface area (Å²) in [6, 6.07) is 0. The van der Waals surface area contributed by atoms with Crippen LogP contribution in [0.15, 0.2) is 0 Å². The van der Waals surface area contributed by atoms with E-state index < -0.39 is 0 Å². The Morgan fingerprint density at radius 2 is 1.00 bits per heavy atom. The normalized spacial score (nSPS) is 18.0. The number of thioether (sulfide) groups is 1. The standard InChI is InChI=1S/C5H11N.C5H10S.4CH4/c2*1-2-4-6-5-3-1;;;;/h6H,1-5H2;1-5H2;4*1H4. The minimum Gasteiger partial charge on any atom is -0.317 e. The molecule has 0 amide bonds. The van der Waals surface area contributed by atoms with Crippen molar-refractivity contribution in [3.05, 3.63) is 0 Å². The van der Waals surface area contributed by atoms with E-state index in [-0.39, 0.29) is 29.7 Å². The van der Waals surface area contributed by atoms with E-state index in [0.29, 0.717) is 0 Å². The first kappa shape index (κ1) is 25.2. The lowest BCUT2D eigenvalue weighted by Gasteiger charge is -2.08.